The number of ether oxygens (including phenoxy) is 1. The highest BCUT2D eigenvalue weighted by Crippen LogP contribution is 2.34. The minimum Gasteiger partial charge on any atom is -0.500 e. The summed E-state index contributed by atoms with van der Waals surface area (Å²) in [6, 6.07) is 0. The van der Waals surface area contributed by atoms with E-state index in [1.54, 1.807) is 0 Å². The van der Waals surface area contributed by atoms with Gasteiger partial charge in [0.2, 0.25) is 0 Å². The van der Waals surface area contributed by atoms with E-state index in [1.807, 2.05) is 23.5 Å². The molecule has 0 aromatic carbocycles. The highest BCUT2D eigenvalue weighted by atomic mass is 32.2. The highest BCUT2D eigenvalue weighted by Gasteiger charge is 2.28. The lowest BCUT2D eigenvalue weighted by molar-refractivity contribution is 0.228. The van der Waals surface area contributed by atoms with Crippen LogP contribution >= 0.6 is 23.5 Å². The molecule has 3 heteroatoms. The Balaban J connectivity index is 2.30. The van der Waals surface area contributed by atoms with Crippen molar-refractivity contribution in [2.24, 2.45) is 0 Å². The largest absolute Gasteiger partial charge is 0.500 e. The summed E-state index contributed by atoms with van der Waals surface area (Å²) in [7, 11) is 0. The van der Waals surface area contributed by atoms with Gasteiger partial charge in [0.1, 0.15) is 6.61 Å². The number of hydrogen-bond donors (Lipinski definition) is 0. The molecule has 11 heavy (non-hydrogen) atoms. The Hall–Kier alpha value is 0.240. The summed E-state index contributed by atoms with van der Waals surface area (Å²) in [5.74, 6) is 3.74. The lowest BCUT2D eigenvalue weighted by Crippen LogP contribution is -2.33. The Morgan fingerprint density at radius 1 is 1.64 bits per heavy atom. The topological polar surface area (TPSA) is 9.23 Å². The molecule has 0 N–H and O–H groups in total. The predicted molar refractivity (Wildman–Crippen MR) is 54.3 cm³/mol. The molecule has 64 valence electrons. The van der Waals surface area contributed by atoms with Crippen LogP contribution in [-0.4, -0.2) is 28.6 Å². The van der Waals surface area contributed by atoms with E-state index in [0.717, 1.165) is 6.61 Å². The van der Waals surface area contributed by atoms with Gasteiger partial charge in [-0.05, 0) is 6.92 Å². The molecule has 1 heterocycles. The van der Waals surface area contributed by atoms with Crippen LogP contribution in [0.4, 0.5) is 0 Å². The minimum atomic E-state index is 0.317. The minimum absolute atomic E-state index is 0.317. The molecule has 0 radical (unpaired) electrons. The van der Waals surface area contributed by atoms with Crippen molar-refractivity contribution in [3.8, 4) is 0 Å². The van der Waals surface area contributed by atoms with E-state index in [-0.39, 0.29) is 0 Å². The Morgan fingerprint density at radius 3 is 3.00 bits per heavy atom. The maximum absolute atomic E-state index is 5.21. The number of rotatable bonds is 3. The Bertz CT molecular complexity index is 130. The van der Waals surface area contributed by atoms with Gasteiger partial charge in [-0.25, -0.2) is 0 Å². The number of hydrogen-bond acceptors (Lipinski definition) is 3. The third-order valence-corrected chi connectivity index (χ3v) is 4.73. The van der Waals surface area contributed by atoms with Crippen LogP contribution in [0.2, 0.25) is 0 Å². The van der Waals surface area contributed by atoms with Crippen LogP contribution < -0.4 is 0 Å². The third-order valence-electron chi connectivity index (χ3n) is 1.59. The molecule has 1 fully saturated rings. The summed E-state index contributed by atoms with van der Waals surface area (Å²) in [4.78, 5) is 0. The zero-order chi connectivity index (χ0) is 8.16. The molecule has 0 spiro atoms. The highest BCUT2D eigenvalue weighted by molar-refractivity contribution is 8.07. The van der Waals surface area contributed by atoms with E-state index in [4.69, 9.17) is 4.74 Å². The van der Waals surface area contributed by atoms with Crippen LogP contribution in [0.5, 0.6) is 0 Å². The first kappa shape index (κ1) is 9.33. The molecule has 0 saturated carbocycles. The second-order valence-corrected chi connectivity index (χ2v) is 5.62. The lowest BCUT2D eigenvalue weighted by Gasteiger charge is -2.31. The summed E-state index contributed by atoms with van der Waals surface area (Å²) < 4.78 is 5.52. The summed E-state index contributed by atoms with van der Waals surface area (Å²) in [5, 5.41) is 0. The van der Waals surface area contributed by atoms with Crippen LogP contribution in [0.3, 0.4) is 0 Å². The predicted octanol–water partition coefficient (Wildman–Crippen LogP) is 2.39. The SMILES string of the molecule is C=COCC1(C)CSCCS1. The summed E-state index contributed by atoms with van der Waals surface area (Å²) in [5.41, 5.74) is 0. The molecule has 0 bridgehead atoms. The Morgan fingerprint density at radius 2 is 2.45 bits per heavy atom. The van der Waals surface area contributed by atoms with Gasteiger partial charge < -0.3 is 4.74 Å². The number of thioether (sulfide) groups is 2. The summed E-state index contributed by atoms with van der Waals surface area (Å²) in [6.07, 6.45) is 1.53. The van der Waals surface area contributed by atoms with E-state index < -0.39 is 0 Å². The van der Waals surface area contributed by atoms with Crippen LogP contribution in [0.15, 0.2) is 12.8 Å². The van der Waals surface area contributed by atoms with Crippen LogP contribution in [0, 0.1) is 0 Å². The van der Waals surface area contributed by atoms with Crippen molar-refractivity contribution >= 4 is 23.5 Å². The average Bonchev–Trinajstić information content (AvgIpc) is 2.03. The van der Waals surface area contributed by atoms with Crippen molar-refractivity contribution < 1.29 is 4.74 Å². The second kappa shape index (κ2) is 4.31. The van der Waals surface area contributed by atoms with E-state index >= 15 is 0 Å². The monoisotopic (exact) mass is 190 g/mol. The molecule has 1 unspecified atom stereocenters. The molecule has 1 saturated heterocycles. The van der Waals surface area contributed by atoms with Gasteiger partial charge in [0.05, 0.1) is 11.0 Å². The van der Waals surface area contributed by atoms with E-state index in [0.29, 0.717) is 4.75 Å². The van der Waals surface area contributed by atoms with Crippen LogP contribution in [0.1, 0.15) is 6.92 Å². The zero-order valence-electron chi connectivity index (χ0n) is 6.84. The Labute approximate surface area is 77.0 Å². The van der Waals surface area contributed by atoms with Crippen molar-refractivity contribution in [2.75, 3.05) is 23.9 Å². The fraction of sp³-hybridized carbons (Fsp3) is 0.750. The zero-order valence-corrected chi connectivity index (χ0v) is 8.47. The van der Waals surface area contributed by atoms with Gasteiger partial charge in [-0.3, -0.25) is 0 Å². The first-order valence-corrected chi connectivity index (χ1v) is 5.85. The summed E-state index contributed by atoms with van der Waals surface area (Å²) >= 11 is 4.03. The molecule has 0 aliphatic carbocycles. The molecule has 1 aliphatic rings. The quantitative estimate of drug-likeness (QED) is 0.632. The average molecular weight is 190 g/mol. The molecule has 1 aliphatic heterocycles. The molecule has 0 amide bonds. The molecule has 1 rings (SSSR count). The third kappa shape index (κ3) is 2.99. The smallest absolute Gasteiger partial charge is 0.102 e. The second-order valence-electron chi connectivity index (χ2n) is 2.83. The van der Waals surface area contributed by atoms with Gasteiger partial charge in [-0.2, -0.15) is 23.5 Å². The molecule has 1 atom stereocenters. The van der Waals surface area contributed by atoms with Gasteiger partial charge in [-0.15, -0.1) is 0 Å². The van der Waals surface area contributed by atoms with Crippen LogP contribution in [0.25, 0.3) is 0 Å². The van der Waals surface area contributed by atoms with Gasteiger partial charge in [0.15, 0.2) is 0 Å². The Kier molecular flexibility index (Phi) is 3.66. The maximum atomic E-state index is 5.21. The first-order valence-electron chi connectivity index (χ1n) is 3.71. The fourth-order valence-corrected chi connectivity index (χ4v) is 3.69. The van der Waals surface area contributed by atoms with Gasteiger partial charge >= 0.3 is 0 Å². The molecular formula is C8H14OS2. The van der Waals surface area contributed by atoms with Crippen molar-refractivity contribution in [1.82, 2.24) is 0 Å². The van der Waals surface area contributed by atoms with Gasteiger partial charge in [-0.1, -0.05) is 6.58 Å². The van der Waals surface area contributed by atoms with E-state index in [1.165, 1.54) is 23.5 Å². The fourth-order valence-electron chi connectivity index (χ4n) is 0.995. The standard InChI is InChI=1S/C8H14OS2/c1-3-9-6-8(2)7-10-4-5-11-8/h3H,1,4-7H2,2H3. The van der Waals surface area contributed by atoms with Gasteiger partial charge in [0.25, 0.3) is 0 Å². The van der Waals surface area contributed by atoms with Crippen LogP contribution in [-0.2, 0) is 4.74 Å². The van der Waals surface area contributed by atoms with Gasteiger partial charge in [0, 0.05) is 17.3 Å². The molecule has 1 nitrogen and oxygen atoms in total. The maximum Gasteiger partial charge on any atom is 0.102 e. The first-order chi connectivity index (χ1) is 5.27. The molecule has 0 aromatic heterocycles. The molecular weight excluding hydrogens is 176 g/mol. The van der Waals surface area contributed by atoms with E-state index in [9.17, 15) is 0 Å². The summed E-state index contributed by atoms with van der Waals surface area (Å²) in [6.45, 7) is 6.59. The normalized spacial score (nSPS) is 31.4. The van der Waals surface area contributed by atoms with Crippen molar-refractivity contribution in [3.05, 3.63) is 12.8 Å². The molecule has 0 aromatic rings. The van der Waals surface area contributed by atoms with E-state index in [2.05, 4.69) is 13.5 Å². The lowest BCUT2D eigenvalue weighted by atomic mass is 10.2. The van der Waals surface area contributed by atoms with Crippen molar-refractivity contribution in [1.29, 1.82) is 0 Å². The van der Waals surface area contributed by atoms with Crippen molar-refractivity contribution in [2.45, 2.75) is 11.7 Å². The van der Waals surface area contributed by atoms with Crippen molar-refractivity contribution in [3.63, 3.8) is 0 Å².